The van der Waals surface area contributed by atoms with Crippen LogP contribution in [0.1, 0.15) is 55.1 Å². The molecule has 0 radical (unpaired) electrons. The van der Waals surface area contributed by atoms with Crippen LogP contribution in [0, 0.1) is 6.33 Å². The van der Waals surface area contributed by atoms with Crippen LogP contribution < -0.4 is 9.30 Å². The number of pyridine rings is 1. The highest BCUT2D eigenvalue weighted by Gasteiger charge is 2.28. The van der Waals surface area contributed by atoms with Gasteiger partial charge in [0, 0.05) is 33.8 Å². The van der Waals surface area contributed by atoms with E-state index in [4.69, 9.17) is 22.4 Å². The van der Waals surface area contributed by atoms with Crippen molar-refractivity contribution in [2.24, 2.45) is 0 Å². The topological polar surface area (TPSA) is 49.0 Å². The molecule has 0 spiro atoms. The van der Waals surface area contributed by atoms with Crippen molar-refractivity contribution >= 4 is 54.8 Å². The maximum Gasteiger partial charge on any atom is 0.269 e. The summed E-state index contributed by atoms with van der Waals surface area (Å²) in [7, 11) is 0. The number of rotatable bonds is 8. The predicted molar refractivity (Wildman–Crippen MR) is 360 cm³/mol. The lowest BCUT2D eigenvalue weighted by Crippen LogP contribution is -2.32. The number of aromatic nitrogens is 4. The second-order valence-electron chi connectivity index (χ2n) is 22.5. The zero-order valence-corrected chi connectivity index (χ0v) is 47.1. The minimum Gasteiger partial charge on any atom is -0.458 e. The number of ether oxygens (including phenoxy) is 1. The fourth-order valence-corrected chi connectivity index (χ4v) is 12.1. The van der Waals surface area contributed by atoms with Crippen LogP contribution in [-0.4, -0.2) is 14.1 Å². The van der Waals surface area contributed by atoms with Crippen molar-refractivity contribution < 1.29 is 42.5 Å². The quantitative estimate of drug-likeness (QED) is 0.113. The zero-order valence-electron chi connectivity index (χ0n) is 68.1. The van der Waals surface area contributed by atoms with E-state index in [0.29, 0.717) is 44.9 Å². The summed E-state index contributed by atoms with van der Waals surface area (Å²) in [5.41, 5.74) is 0.380. The lowest BCUT2D eigenvalue weighted by molar-refractivity contribution is -0.570. The molecule has 88 heavy (non-hydrogen) atoms. The Hall–Kier alpha value is -11.3. The van der Waals surface area contributed by atoms with Gasteiger partial charge in [-0.3, -0.25) is 13.7 Å². The average Bonchev–Trinajstić information content (AvgIpc) is 1.65. The van der Waals surface area contributed by atoms with Gasteiger partial charge in [0.1, 0.15) is 28.5 Å². The second kappa shape index (κ2) is 20.2. The normalized spacial score (nSPS) is 15.4. The summed E-state index contributed by atoms with van der Waals surface area (Å²) in [6, 6.07) is 28.7. The number of hydrogen-bond donors (Lipinski definition) is 0. The lowest BCUT2D eigenvalue weighted by atomic mass is 9.87. The molecule has 1 aliphatic heterocycles. The number of benzene rings is 12. The highest BCUT2D eigenvalue weighted by Crippen LogP contribution is 2.48. The fourth-order valence-electron chi connectivity index (χ4n) is 12.1. The third-order valence-corrected chi connectivity index (χ3v) is 16.2. The maximum absolute atomic E-state index is 10.4. The summed E-state index contributed by atoms with van der Waals surface area (Å²) in [6.07, 6.45) is 5.40. The molecule has 16 aromatic rings. The smallest absolute Gasteiger partial charge is 0.269 e. The molecule has 0 fully saturated rings. The molecule has 5 heterocycles. The molecule has 6 nitrogen and oxygen atoms in total. The molecule has 0 unspecified atom stereocenters. The Morgan fingerprint density at radius 2 is 1.06 bits per heavy atom. The van der Waals surface area contributed by atoms with Gasteiger partial charge in [0.25, 0.3) is 6.33 Å². The lowest BCUT2D eigenvalue weighted by Gasteiger charge is -2.20. The van der Waals surface area contributed by atoms with Gasteiger partial charge in [0.05, 0.1) is 62.2 Å². The molecule has 416 valence electrons. The van der Waals surface area contributed by atoms with Gasteiger partial charge in [-0.2, -0.15) is 0 Å². The molecule has 6 heteroatoms. The Kier molecular flexibility index (Phi) is 7.78. The van der Waals surface area contributed by atoms with Gasteiger partial charge < -0.3 is 9.15 Å². The SMILES string of the molecule is [2H]c1c([2H])c([2H])c(-c2c([2H])c(-c3cc4c5c(c3)n(-c3cccc(Oc6ccc7c8ccccc8n(-c8cc(C(C)(C)C)ccn8)c7c6)c3)[c-][n+]5-c3c(-c5ccc6oc7ccccc7c6c5)cccc3-c3c([2H])c([2H])c([2H])c([2H])c3-c3c([2H])c([2H])c([2H])c([2H])c3-4)c([2H])c(-c3c([2H])c([2H])c([2H])c([2H])c3[2H])c2[2H])c([2H])c1[2H]. The van der Waals surface area contributed by atoms with Crippen LogP contribution in [0.15, 0.2) is 289 Å². The van der Waals surface area contributed by atoms with Crippen LogP contribution in [0.25, 0.3) is 150 Å². The van der Waals surface area contributed by atoms with Gasteiger partial charge in [0.15, 0.2) is 0 Å². The van der Waals surface area contributed by atoms with Crippen LogP contribution in [0.5, 0.6) is 11.5 Å². The molecule has 17 rings (SSSR count). The summed E-state index contributed by atoms with van der Waals surface area (Å²) in [6.45, 7) is 6.40. The zero-order chi connectivity index (χ0) is 76.9. The maximum atomic E-state index is 10.4. The Bertz CT molecular complexity index is 6640. The van der Waals surface area contributed by atoms with Gasteiger partial charge in [-0.05, 0) is 180 Å². The van der Waals surface area contributed by atoms with Crippen molar-refractivity contribution in [1.29, 1.82) is 0 Å². The van der Waals surface area contributed by atoms with Crippen LogP contribution >= 0.6 is 0 Å². The number of imidazole rings is 1. The van der Waals surface area contributed by atoms with Crippen molar-refractivity contribution in [2.45, 2.75) is 26.2 Å². The first-order valence-electron chi connectivity index (χ1n) is 38.9. The van der Waals surface area contributed by atoms with Crippen LogP contribution in [0.2, 0.25) is 0 Å². The standard InChI is InChI=1S/C82H56N4O2/c1-82(2,3)59-40-41-83-79(48-59)86-74-34-16-14-30-68(74)69-38-37-62(50-75(69)86)87-61-25-18-24-60(49-61)84-51-85-80-63(54-36-39-78-72(45-54)70-31-15-17-35-77(70)88-78)32-19-33-71(80)66-28-12-10-26-64(66)65-27-11-13-29-67(65)73-46-58(47-76(84)81(73)85)57-43-55(52-20-6-4-7-21-52)42-56(44-57)53-22-8-5-9-23-53/h4-50H,1-3H3/i4D,5D,6D,7D,8D,9D,10D,11D,12D,13D,20D,21D,22D,23D,26D,27D,28D,29D,42D,43D,44D. The van der Waals surface area contributed by atoms with Gasteiger partial charge in [-0.25, -0.2) is 4.98 Å². The third kappa shape index (κ3) is 8.47. The first-order chi connectivity index (χ1) is 52.0. The molecule has 1 aliphatic rings. The Balaban J connectivity index is 1.03. The summed E-state index contributed by atoms with van der Waals surface area (Å²) in [5.74, 6) is 1.37. The van der Waals surface area contributed by atoms with E-state index in [1.54, 1.807) is 63.9 Å². The van der Waals surface area contributed by atoms with Crippen molar-refractivity contribution in [3.63, 3.8) is 0 Å². The Morgan fingerprint density at radius 3 is 1.80 bits per heavy atom. The summed E-state index contributed by atoms with van der Waals surface area (Å²) in [4.78, 5) is 4.88. The molecule has 12 aromatic carbocycles. The Labute approximate surface area is 539 Å². The summed E-state index contributed by atoms with van der Waals surface area (Å²) in [5, 5.41) is 3.38. The minimum atomic E-state index is -0.919. The monoisotopic (exact) mass is 1150 g/mol. The van der Waals surface area contributed by atoms with E-state index in [2.05, 4.69) is 37.7 Å². The van der Waals surface area contributed by atoms with Crippen molar-refractivity contribution in [3.8, 4) is 107 Å². The van der Waals surface area contributed by atoms with Gasteiger partial charge in [-0.1, -0.05) is 202 Å². The minimum absolute atomic E-state index is 0.0592. The van der Waals surface area contributed by atoms with Crippen molar-refractivity contribution in [1.82, 2.24) is 14.1 Å². The summed E-state index contributed by atoms with van der Waals surface area (Å²) < 4.78 is 217. The highest BCUT2D eigenvalue weighted by atomic mass is 16.5. The second-order valence-corrected chi connectivity index (χ2v) is 22.5. The number of fused-ring (bicyclic) bond motifs is 13. The highest BCUT2D eigenvalue weighted by molar-refractivity contribution is 6.10. The van der Waals surface area contributed by atoms with Gasteiger partial charge in [0.2, 0.25) is 0 Å². The molecular formula is C82H56N4O2. The van der Waals surface area contributed by atoms with E-state index < -0.39 is 160 Å². The number of para-hydroxylation sites is 3. The number of nitrogens with zero attached hydrogens (tertiary/aromatic N) is 4. The van der Waals surface area contributed by atoms with E-state index in [1.807, 2.05) is 84.9 Å². The number of furan rings is 1. The largest absolute Gasteiger partial charge is 0.458 e. The molecule has 4 aromatic heterocycles. The van der Waals surface area contributed by atoms with Gasteiger partial charge in [-0.15, -0.1) is 0 Å². The van der Waals surface area contributed by atoms with E-state index in [-0.39, 0.29) is 61.3 Å². The Morgan fingerprint density at radius 1 is 0.443 bits per heavy atom. The van der Waals surface area contributed by atoms with E-state index >= 15 is 0 Å². The van der Waals surface area contributed by atoms with Crippen molar-refractivity contribution in [3.05, 3.63) is 297 Å². The molecule has 0 saturated carbocycles. The fraction of sp³-hybridized carbons (Fsp3) is 0.0488. The van der Waals surface area contributed by atoms with E-state index in [0.717, 1.165) is 32.8 Å². The molecule has 0 amide bonds. The first kappa shape index (κ1) is 34.0. The molecular weight excluding hydrogens is 1070 g/mol. The molecule has 0 bridgehead atoms. The van der Waals surface area contributed by atoms with Crippen LogP contribution in [0.4, 0.5) is 0 Å². The van der Waals surface area contributed by atoms with Crippen LogP contribution in [0.3, 0.4) is 0 Å². The van der Waals surface area contributed by atoms with E-state index in [9.17, 15) is 20.6 Å². The third-order valence-electron chi connectivity index (χ3n) is 16.2. The first-order valence-corrected chi connectivity index (χ1v) is 28.4. The predicted octanol–water partition coefficient (Wildman–Crippen LogP) is 21.2. The van der Waals surface area contributed by atoms with Crippen molar-refractivity contribution in [2.75, 3.05) is 0 Å². The number of hydrogen-bond acceptors (Lipinski definition) is 3. The average molecular weight is 1150 g/mol. The van der Waals surface area contributed by atoms with Crippen LogP contribution in [-0.2, 0) is 5.41 Å². The molecule has 0 saturated heterocycles. The molecule has 0 N–H and O–H groups in total. The molecule has 0 aliphatic carbocycles. The molecule has 0 atom stereocenters. The summed E-state index contributed by atoms with van der Waals surface area (Å²) >= 11 is 0. The van der Waals surface area contributed by atoms with Gasteiger partial charge >= 0.3 is 0 Å². The van der Waals surface area contributed by atoms with E-state index in [1.165, 1.54) is 12.1 Å².